The van der Waals surface area contributed by atoms with Crippen LogP contribution < -0.4 is 0 Å². The van der Waals surface area contributed by atoms with Gasteiger partial charge in [0.25, 0.3) is 0 Å². The fraction of sp³-hybridized carbons (Fsp3) is 1.00. The number of likely N-dealkylation sites (tertiary alicyclic amines) is 1. The van der Waals surface area contributed by atoms with Crippen LogP contribution in [0.5, 0.6) is 0 Å². The van der Waals surface area contributed by atoms with Crippen LogP contribution in [0.3, 0.4) is 0 Å². The van der Waals surface area contributed by atoms with Gasteiger partial charge in [-0.15, -0.1) is 0 Å². The van der Waals surface area contributed by atoms with Crippen molar-refractivity contribution in [2.24, 2.45) is 5.41 Å². The van der Waals surface area contributed by atoms with E-state index >= 15 is 0 Å². The van der Waals surface area contributed by atoms with E-state index in [9.17, 15) is 0 Å². The lowest BCUT2D eigenvalue weighted by molar-refractivity contribution is 0.224. The highest BCUT2D eigenvalue weighted by molar-refractivity contribution is 4.64. The Labute approximate surface area is 109 Å². The molecule has 102 valence electrons. The maximum absolute atomic E-state index is 2.67. The zero-order valence-electron chi connectivity index (χ0n) is 12.4. The summed E-state index contributed by atoms with van der Waals surface area (Å²) in [5.74, 6) is 0. The summed E-state index contributed by atoms with van der Waals surface area (Å²) < 4.78 is 0. The van der Waals surface area contributed by atoms with E-state index in [4.69, 9.17) is 0 Å². The van der Waals surface area contributed by atoms with Crippen LogP contribution in [0.15, 0.2) is 0 Å². The van der Waals surface area contributed by atoms with E-state index in [1.165, 1.54) is 77.4 Å². The number of hydrogen-bond acceptors (Lipinski definition) is 1. The van der Waals surface area contributed by atoms with Crippen molar-refractivity contribution in [1.29, 1.82) is 0 Å². The second kappa shape index (κ2) is 8.13. The summed E-state index contributed by atoms with van der Waals surface area (Å²) in [4.78, 5) is 2.67. The molecule has 0 amide bonds. The molecule has 1 aliphatic heterocycles. The van der Waals surface area contributed by atoms with Crippen molar-refractivity contribution in [3.05, 3.63) is 0 Å². The summed E-state index contributed by atoms with van der Waals surface area (Å²) >= 11 is 0. The SMILES string of the molecule is CC(C)(C)CCCCCCCN1CCCCC1. The van der Waals surface area contributed by atoms with Crippen molar-refractivity contribution in [3.63, 3.8) is 0 Å². The largest absolute Gasteiger partial charge is 0.303 e. The fourth-order valence-electron chi connectivity index (χ4n) is 2.70. The minimum absolute atomic E-state index is 0.536. The van der Waals surface area contributed by atoms with Crippen LogP contribution in [0.1, 0.15) is 78.6 Å². The molecule has 0 atom stereocenters. The van der Waals surface area contributed by atoms with Gasteiger partial charge in [0.15, 0.2) is 0 Å². The van der Waals surface area contributed by atoms with Crippen LogP contribution in [0.25, 0.3) is 0 Å². The molecule has 1 saturated heterocycles. The van der Waals surface area contributed by atoms with E-state index in [0.29, 0.717) is 5.41 Å². The van der Waals surface area contributed by atoms with E-state index in [0.717, 1.165) is 0 Å². The zero-order valence-corrected chi connectivity index (χ0v) is 12.4. The second-order valence-corrected chi connectivity index (χ2v) is 6.98. The molecule has 1 rings (SSSR count). The third-order valence-electron chi connectivity index (χ3n) is 3.85. The Morgan fingerprint density at radius 2 is 1.35 bits per heavy atom. The third kappa shape index (κ3) is 8.65. The molecule has 1 nitrogen and oxygen atoms in total. The van der Waals surface area contributed by atoms with Crippen molar-refractivity contribution >= 4 is 0 Å². The molecule has 0 aromatic carbocycles. The Morgan fingerprint density at radius 1 is 0.765 bits per heavy atom. The molecule has 17 heavy (non-hydrogen) atoms. The molecule has 1 fully saturated rings. The number of unbranched alkanes of at least 4 members (excludes halogenated alkanes) is 4. The summed E-state index contributed by atoms with van der Waals surface area (Å²) in [5.41, 5.74) is 0.536. The van der Waals surface area contributed by atoms with Crippen LogP contribution in [0.2, 0.25) is 0 Å². The molecule has 0 spiro atoms. The Bertz CT molecular complexity index is 174. The zero-order chi connectivity index (χ0) is 12.6. The predicted octanol–water partition coefficient (Wildman–Crippen LogP) is 4.86. The fourth-order valence-corrected chi connectivity index (χ4v) is 2.70. The van der Waals surface area contributed by atoms with Crippen LogP contribution in [-0.2, 0) is 0 Å². The molecule has 1 heterocycles. The third-order valence-corrected chi connectivity index (χ3v) is 3.85. The van der Waals surface area contributed by atoms with Gasteiger partial charge >= 0.3 is 0 Å². The van der Waals surface area contributed by atoms with Gasteiger partial charge in [0.05, 0.1) is 0 Å². The van der Waals surface area contributed by atoms with Gasteiger partial charge in [-0.2, -0.15) is 0 Å². The number of rotatable bonds is 7. The van der Waals surface area contributed by atoms with E-state index in [2.05, 4.69) is 25.7 Å². The van der Waals surface area contributed by atoms with E-state index in [1.807, 2.05) is 0 Å². The Kier molecular flexibility index (Phi) is 7.18. The number of hydrogen-bond donors (Lipinski definition) is 0. The van der Waals surface area contributed by atoms with Gasteiger partial charge in [0.1, 0.15) is 0 Å². The molecule has 0 aromatic heterocycles. The van der Waals surface area contributed by atoms with Gasteiger partial charge in [-0.05, 0) is 50.7 Å². The number of nitrogens with zero attached hydrogens (tertiary/aromatic N) is 1. The monoisotopic (exact) mass is 239 g/mol. The Balaban J connectivity index is 1.84. The normalized spacial score (nSPS) is 18.5. The van der Waals surface area contributed by atoms with Gasteiger partial charge in [-0.25, -0.2) is 0 Å². The van der Waals surface area contributed by atoms with E-state index in [1.54, 1.807) is 0 Å². The average Bonchev–Trinajstić information content (AvgIpc) is 2.28. The Morgan fingerprint density at radius 3 is 2.00 bits per heavy atom. The van der Waals surface area contributed by atoms with Crippen LogP contribution >= 0.6 is 0 Å². The first-order valence-electron chi connectivity index (χ1n) is 7.80. The van der Waals surface area contributed by atoms with Gasteiger partial charge in [-0.3, -0.25) is 0 Å². The van der Waals surface area contributed by atoms with Gasteiger partial charge in [-0.1, -0.05) is 52.9 Å². The standard InChI is InChI=1S/C16H33N/c1-16(2,3)12-8-5-4-6-9-13-17-14-10-7-11-15-17/h4-15H2,1-3H3. The lowest BCUT2D eigenvalue weighted by atomic mass is 9.89. The first kappa shape index (κ1) is 15.0. The summed E-state index contributed by atoms with van der Waals surface area (Å²) in [6, 6.07) is 0. The molecule has 1 heteroatoms. The molecule has 0 N–H and O–H groups in total. The van der Waals surface area contributed by atoms with Gasteiger partial charge < -0.3 is 4.90 Å². The summed E-state index contributed by atoms with van der Waals surface area (Å²) in [5, 5.41) is 0. The smallest absolute Gasteiger partial charge is 0.00187 e. The highest BCUT2D eigenvalue weighted by atomic mass is 15.1. The molecular weight excluding hydrogens is 206 g/mol. The quantitative estimate of drug-likeness (QED) is 0.574. The Hall–Kier alpha value is -0.0400. The molecule has 1 aliphatic rings. The van der Waals surface area contributed by atoms with E-state index < -0.39 is 0 Å². The molecule has 0 unspecified atom stereocenters. The lowest BCUT2D eigenvalue weighted by Crippen LogP contribution is -2.30. The molecule has 0 radical (unpaired) electrons. The maximum Gasteiger partial charge on any atom is -0.00187 e. The maximum atomic E-state index is 2.67. The summed E-state index contributed by atoms with van der Waals surface area (Å²) in [6.07, 6.45) is 12.9. The minimum Gasteiger partial charge on any atom is -0.303 e. The van der Waals surface area contributed by atoms with Gasteiger partial charge in [0.2, 0.25) is 0 Å². The van der Waals surface area contributed by atoms with Crippen LogP contribution in [0.4, 0.5) is 0 Å². The average molecular weight is 239 g/mol. The first-order valence-corrected chi connectivity index (χ1v) is 7.80. The second-order valence-electron chi connectivity index (χ2n) is 6.98. The van der Waals surface area contributed by atoms with Crippen molar-refractivity contribution < 1.29 is 0 Å². The van der Waals surface area contributed by atoms with Crippen LogP contribution in [0, 0.1) is 5.41 Å². The van der Waals surface area contributed by atoms with E-state index in [-0.39, 0.29) is 0 Å². The topological polar surface area (TPSA) is 3.24 Å². The summed E-state index contributed by atoms with van der Waals surface area (Å²) in [6.45, 7) is 11.1. The molecular formula is C16H33N. The predicted molar refractivity (Wildman–Crippen MR) is 77.4 cm³/mol. The molecule has 0 aromatic rings. The first-order chi connectivity index (χ1) is 8.08. The molecule has 0 bridgehead atoms. The van der Waals surface area contributed by atoms with Crippen molar-refractivity contribution in [3.8, 4) is 0 Å². The highest BCUT2D eigenvalue weighted by Gasteiger charge is 2.10. The lowest BCUT2D eigenvalue weighted by Gasteiger charge is -2.26. The molecule has 0 aliphatic carbocycles. The van der Waals surface area contributed by atoms with Crippen molar-refractivity contribution in [2.45, 2.75) is 78.6 Å². The minimum atomic E-state index is 0.536. The number of piperidine rings is 1. The highest BCUT2D eigenvalue weighted by Crippen LogP contribution is 2.22. The summed E-state index contributed by atoms with van der Waals surface area (Å²) in [7, 11) is 0. The van der Waals surface area contributed by atoms with Gasteiger partial charge in [0, 0.05) is 0 Å². The van der Waals surface area contributed by atoms with Crippen LogP contribution in [-0.4, -0.2) is 24.5 Å². The van der Waals surface area contributed by atoms with Crippen molar-refractivity contribution in [2.75, 3.05) is 19.6 Å². The van der Waals surface area contributed by atoms with Crippen molar-refractivity contribution in [1.82, 2.24) is 4.90 Å². The molecule has 0 saturated carbocycles.